The first-order valence-electron chi connectivity index (χ1n) is 9.51. The highest BCUT2D eigenvalue weighted by molar-refractivity contribution is 6.31. The number of quaternary nitrogens is 1. The van der Waals surface area contributed by atoms with Gasteiger partial charge in [-0.1, -0.05) is 41.6 Å². The molecule has 0 aliphatic carbocycles. The molecule has 0 fully saturated rings. The van der Waals surface area contributed by atoms with Crippen LogP contribution in [0.15, 0.2) is 48.5 Å². The average Bonchev–Trinajstić information content (AvgIpc) is 2.70. The average molecular weight is 493 g/mol. The molecule has 2 rings (SSSR count). The maximum Gasteiger partial charge on any atom is 0.390 e. The van der Waals surface area contributed by atoms with Gasteiger partial charge in [-0.05, 0) is 79.7 Å². The maximum atomic E-state index is 13.4. The number of rotatable bonds is 5. The Labute approximate surface area is 199 Å². The lowest BCUT2D eigenvalue weighted by molar-refractivity contribution is -0.871. The molecule has 2 amide bonds. The third-order valence-electron chi connectivity index (χ3n) is 4.68. The third kappa shape index (κ3) is 5.68. The van der Waals surface area contributed by atoms with Gasteiger partial charge in [-0.2, -0.15) is 0 Å². The maximum absolute atomic E-state index is 13.4. The van der Waals surface area contributed by atoms with Crippen LogP contribution in [-0.2, 0) is 6.42 Å². The van der Waals surface area contributed by atoms with E-state index in [1.165, 1.54) is 12.1 Å². The Hall–Kier alpha value is -1.30. The molecule has 8 heteroatoms. The number of aryl methyl sites for hydroxylation is 1. The minimum atomic E-state index is -0.940. The second-order valence-corrected chi connectivity index (χ2v) is 9.15. The fourth-order valence-corrected chi connectivity index (χ4v) is 3.52. The van der Waals surface area contributed by atoms with Gasteiger partial charge >= 0.3 is 11.8 Å². The van der Waals surface area contributed by atoms with Crippen LogP contribution < -0.4 is 0 Å². The van der Waals surface area contributed by atoms with Crippen molar-refractivity contribution in [3.05, 3.63) is 70.2 Å². The number of carbonyl (C=O) groups excluding carboxylic acids is 2. The smallest absolute Gasteiger partial charge is 0.262 e. The van der Waals surface area contributed by atoms with Crippen molar-refractivity contribution < 1.29 is 13.7 Å². The minimum Gasteiger partial charge on any atom is -0.262 e. The SMILES string of the molecule is CCCCc1ccc(C(=O)[N+](Cl)(N(Cl)C(=O)c2ccc(Cl)cc2)C(C)(C)C)cc1.Cl. The van der Waals surface area contributed by atoms with E-state index >= 15 is 0 Å². The number of benzene rings is 2. The Balaban J connectivity index is 0.00000450. The van der Waals surface area contributed by atoms with Crippen molar-refractivity contribution in [2.75, 3.05) is 0 Å². The van der Waals surface area contributed by atoms with Crippen molar-refractivity contribution in [2.24, 2.45) is 0 Å². The standard InChI is InChI=1S/C22H26Cl3N2O2.ClH/c1-5-6-7-16-8-10-18(11-9-16)21(29)27(25,22(2,3)4)26(24)20(28)17-12-14-19(23)15-13-17;/h8-15H,5-7H2,1-4H3;1H/q+1;. The van der Waals surface area contributed by atoms with Crippen LogP contribution in [0.5, 0.6) is 0 Å². The van der Waals surface area contributed by atoms with Crippen molar-refractivity contribution in [1.29, 1.82) is 0 Å². The molecular weight excluding hydrogens is 466 g/mol. The summed E-state index contributed by atoms with van der Waals surface area (Å²) in [4.78, 5) is 26.4. The molecule has 164 valence electrons. The fourth-order valence-electron chi connectivity index (χ4n) is 2.84. The number of amides is 2. The summed E-state index contributed by atoms with van der Waals surface area (Å²) >= 11 is 19.1. The summed E-state index contributed by atoms with van der Waals surface area (Å²) in [6, 6.07) is 13.5. The van der Waals surface area contributed by atoms with Crippen LogP contribution in [0.3, 0.4) is 0 Å². The topological polar surface area (TPSA) is 37.4 Å². The number of unbranched alkanes of at least 4 members (excludes halogenated alkanes) is 1. The van der Waals surface area contributed by atoms with Crippen molar-refractivity contribution >= 4 is 59.4 Å². The second-order valence-electron chi connectivity index (χ2n) is 7.91. The van der Waals surface area contributed by atoms with E-state index in [4.69, 9.17) is 35.2 Å². The van der Waals surface area contributed by atoms with Gasteiger partial charge in [-0.25, -0.2) is 4.79 Å². The number of hydrogen-bond acceptors (Lipinski definition) is 2. The second kappa shape index (κ2) is 10.8. The quantitative estimate of drug-likeness (QED) is 0.326. The lowest BCUT2D eigenvalue weighted by atomic mass is 10.0. The molecule has 0 bridgehead atoms. The minimum absolute atomic E-state index is 0. The van der Waals surface area contributed by atoms with E-state index in [1.807, 2.05) is 12.1 Å². The zero-order chi connectivity index (χ0) is 21.8. The van der Waals surface area contributed by atoms with E-state index in [0.717, 1.165) is 29.4 Å². The summed E-state index contributed by atoms with van der Waals surface area (Å²) in [6.45, 7) is 7.38. The third-order valence-corrected chi connectivity index (χ3v) is 6.20. The van der Waals surface area contributed by atoms with Crippen LogP contribution in [0.2, 0.25) is 5.02 Å². The zero-order valence-electron chi connectivity index (χ0n) is 17.5. The van der Waals surface area contributed by atoms with Gasteiger partial charge in [0, 0.05) is 10.6 Å². The fraction of sp³-hybridized carbons (Fsp3) is 0.364. The molecule has 0 aromatic heterocycles. The van der Waals surface area contributed by atoms with Gasteiger partial charge < -0.3 is 0 Å². The lowest BCUT2D eigenvalue weighted by Gasteiger charge is -2.40. The predicted octanol–water partition coefficient (Wildman–Crippen LogP) is 7.22. The first-order valence-corrected chi connectivity index (χ1v) is 10.6. The Morgan fingerprint density at radius 2 is 1.47 bits per heavy atom. The molecule has 30 heavy (non-hydrogen) atoms. The first-order chi connectivity index (χ1) is 13.5. The number of carbonyl (C=O) groups is 2. The molecule has 0 N–H and O–H groups in total. The van der Waals surface area contributed by atoms with Crippen molar-refractivity contribution in [1.82, 2.24) is 4.53 Å². The van der Waals surface area contributed by atoms with Crippen LogP contribution in [0.4, 0.5) is 0 Å². The van der Waals surface area contributed by atoms with Crippen molar-refractivity contribution in [3.63, 3.8) is 0 Å². The molecule has 2 aromatic carbocycles. The molecule has 0 saturated heterocycles. The Kier molecular flexibility index (Phi) is 9.65. The summed E-state index contributed by atoms with van der Waals surface area (Å²) in [6.07, 6.45) is 3.12. The van der Waals surface area contributed by atoms with Crippen molar-refractivity contribution in [2.45, 2.75) is 52.5 Å². The Morgan fingerprint density at radius 1 is 0.967 bits per heavy atom. The molecule has 0 saturated carbocycles. The van der Waals surface area contributed by atoms with E-state index in [1.54, 1.807) is 45.0 Å². The van der Waals surface area contributed by atoms with Crippen LogP contribution >= 0.6 is 47.6 Å². The summed E-state index contributed by atoms with van der Waals surface area (Å²) in [5.41, 5.74) is 0.902. The normalized spacial score (nSPS) is 13.2. The largest absolute Gasteiger partial charge is 0.390 e. The molecule has 0 spiro atoms. The van der Waals surface area contributed by atoms with Gasteiger partial charge in [0.05, 0.1) is 17.3 Å². The molecule has 0 heterocycles. The Bertz CT molecular complexity index is 864. The van der Waals surface area contributed by atoms with E-state index in [0.29, 0.717) is 10.6 Å². The van der Waals surface area contributed by atoms with E-state index in [-0.39, 0.29) is 18.0 Å². The first kappa shape index (κ1) is 26.7. The van der Waals surface area contributed by atoms with Gasteiger partial charge in [-0.3, -0.25) is 4.79 Å². The highest BCUT2D eigenvalue weighted by Crippen LogP contribution is 2.37. The van der Waals surface area contributed by atoms with E-state index in [2.05, 4.69) is 6.92 Å². The molecule has 1 unspecified atom stereocenters. The zero-order valence-corrected chi connectivity index (χ0v) is 20.6. The van der Waals surface area contributed by atoms with Crippen LogP contribution in [0, 0.1) is 0 Å². The molecule has 4 nitrogen and oxygen atoms in total. The molecule has 0 aliphatic rings. The van der Waals surface area contributed by atoms with Gasteiger partial charge in [0.2, 0.25) is 11.8 Å². The van der Waals surface area contributed by atoms with E-state index < -0.39 is 21.5 Å². The van der Waals surface area contributed by atoms with Gasteiger partial charge in [-0.15, -0.1) is 12.4 Å². The number of nitrogens with zero attached hydrogens (tertiary/aromatic N) is 2. The lowest BCUT2D eigenvalue weighted by Crippen LogP contribution is -2.64. The summed E-state index contributed by atoms with van der Waals surface area (Å²) in [5, 5.41) is 0.490. The molecule has 2 aromatic rings. The predicted molar refractivity (Wildman–Crippen MR) is 126 cm³/mol. The summed E-state index contributed by atoms with van der Waals surface area (Å²) in [5.74, 6) is -1.08. The number of hydrogen-bond donors (Lipinski definition) is 0. The Morgan fingerprint density at radius 3 is 1.93 bits per heavy atom. The van der Waals surface area contributed by atoms with Crippen molar-refractivity contribution in [3.8, 4) is 0 Å². The molecule has 1 atom stereocenters. The van der Waals surface area contributed by atoms with Gasteiger partial charge in [0.15, 0.2) is 0 Å². The van der Waals surface area contributed by atoms with Gasteiger partial charge in [0.1, 0.15) is 5.54 Å². The van der Waals surface area contributed by atoms with Crippen LogP contribution in [0.1, 0.15) is 66.8 Å². The van der Waals surface area contributed by atoms with Crippen LogP contribution in [-0.4, -0.2) is 26.0 Å². The van der Waals surface area contributed by atoms with Gasteiger partial charge in [0.25, 0.3) is 0 Å². The molecular formula is C22H27Cl4N2O2+. The molecule has 0 radical (unpaired) electrons. The highest BCUT2D eigenvalue weighted by Gasteiger charge is 2.56. The summed E-state index contributed by atoms with van der Waals surface area (Å²) < 4.78 is -0.192. The highest BCUT2D eigenvalue weighted by atomic mass is 35.5. The monoisotopic (exact) mass is 491 g/mol. The molecule has 0 aliphatic heterocycles. The van der Waals surface area contributed by atoms with Crippen LogP contribution in [0.25, 0.3) is 0 Å². The van der Waals surface area contributed by atoms with E-state index in [9.17, 15) is 9.59 Å². The summed E-state index contributed by atoms with van der Waals surface area (Å²) in [7, 11) is 0. The number of halogens is 4.